The lowest BCUT2D eigenvalue weighted by atomic mass is 10.2. The van der Waals surface area contributed by atoms with E-state index in [1.807, 2.05) is 6.92 Å². The van der Waals surface area contributed by atoms with Crippen molar-refractivity contribution in [3.05, 3.63) is 46.5 Å². The maximum atomic E-state index is 13.4. The minimum Gasteiger partial charge on any atom is -0.392 e. The van der Waals surface area contributed by atoms with Gasteiger partial charge in [0.15, 0.2) is 0 Å². The molecule has 0 bridgehead atoms. The van der Waals surface area contributed by atoms with Gasteiger partial charge in [-0.15, -0.1) is 0 Å². The standard InChI is InChI=1S/C12H12ClFN2O/c1-2-12-8(7-17)6-15-16(12)9-3-4-10(13)11(14)5-9/h3-6,17H,2,7H2,1H3. The first kappa shape index (κ1) is 12.1. The maximum Gasteiger partial charge on any atom is 0.143 e. The number of hydrogen-bond acceptors (Lipinski definition) is 2. The van der Waals surface area contributed by atoms with Crippen LogP contribution in [0.2, 0.25) is 5.02 Å². The zero-order valence-electron chi connectivity index (χ0n) is 9.32. The molecule has 0 saturated heterocycles. The zero-order chi connectivity index (χ0) is 12.4. The van der Waals surface area contributed by atoms with Gasteiger partial charge in [0.1, 0.15) is 5.82 Å². The molecule has 17 heavy (non-hydrogen) atoms. The molecule has 0 radical (unpaired) electrons. The number of aliphatic hydroxyl groups excluding tert-OH is 1. The van der Waals surface area contributed by atoms with Gasteiger partial charge in [-0.3, -0.25) is 0 Å². The quantitative estimate of drug-likeness (QED) is 0.915. The molecule has 0 fully saturated rings. The molecule has 1 heterocycles. The first-order chi connectivity index (χ1) is 8.17. The average Bonchev–Trinajstić information content (AvgIpc) is 2.75. The third-order valence-electron chi connectivity index (χ3n) is 2.61. The summed E-state index contributed by atoms with van der Waals surface area (Å²) in [5, 5.41) is 13.4. The van der Waals surface area contributed by atoms with Crippen molar-refractivity contribution < 1.29 is 9.50 Å². The first-order valence-corrected chi connectivity index (χ1v) is 5.67. The second-order valence-corrected chi connectivity index (χ2v) is 4.05. The van der Waals surface area contributed by atoms with E-state index >= 15 is 0 Å². The number of nitrogens with zero attached hydrogens (tertiary/aromatic N) is 2. The van der Waals surface area contributed by atoms with Crippen LogP contribution in [0.1, 0.15) is 18.2 Å². The van der Waals surface area contributed by atoms with E-state index in [1.54, 1.807) is 16.9 Å². The van der Waals surface area contributed by atoms with E-state index in [2.05, 4.69) is 5.10 Å². The third kappa shape index (κ3) is 2.18. The van der Waals surface area contributed by atoms with E-state index < -0.39 is 5.82 Å². The molecule has 0 amide bonds. The van der Waals surface area contributed by atoms with Gasteiger partial charge in [-0.2, -0.15) is 5.10 Å². The van der Waals surface area contributed by atoms with Crippen LogP contribution < -0.4 is 0 Å². The molecule has 0 saturated carbocycles. The number of aliphatic hydroxyl groups is 1. The van der Waals surface area contributed by atoms with Crippen LogP contribution in [0.5, 0.6) is 0 Å². The molecular formula is C12H12ClFN2O. The van der Waals surface area contributed by atoms with Crippen LogP contribution in [0.15, 0.2) is 24.4 Å². The van der Waals surface area contributed by atoms with Crippen LogP contribution in [0, 0.1) is 5.82 Å². The van der Waals surface area contributed by atoms with E-state index in [-0.39, 0.29) is 11.6 Å². The Morgan fingerprint density at radius 2 is 2.24 bits per heavy atom. The van der Waals surface area contributed by atoms with Crippen LogP contribution in [-0.2, 0) is 13.0 Å². The molecule has 0 aliphatic carbocycles. The second kappa shape index (κ2) is 4.85. The Balaban J connectivity index is 2.52. The van der Waals surface area contributed by atoms with Crippen molar-refractivity contribution in [3.8, 4) is 5.69 Å². The SMILES string of the molecule is CCc1c(CO)cnn1-c1ccc(Cl)c(F)c1. The maximum absolute atomic E-state index is 13.4. The summed E-state index contributed by atoms with van der Waals surface area (Å²) < 4.78 is 15.0. The summed E-state index contributed by atoms with van der Waals surface area (Å²) >= 11 is 5.63. The predicted octanol–water partition coefficient (Wildman–Crippen LogP) is 2.72. The molecule has 0 atom stereocenters. The van der Waals surface area contributed by atoms with Crippen molar-refractivity contribution >= 4 is 11.6 Å². The first-order valence-electron chi connectivity index (χ1n) is 5.29. The predicted molar refractivity (Wildman–Crippen MR) is 63.8 cm³/mol. The van der Waals surface area contributed by atoms with Gasteiger partial charge in [-0.05, 0) is 18.6 Å². The number of hydrogen-bond donors (Lipinski definition) is 1. The number of rotatable bonds is 3. The molecular weight excluding hydrogens is 243 g/mol. The van der Waals surface area contributed by atoms with Crippen LogP contribution >= 0.6 is 11.6 Å². The van der Waals surface area contributed by atoms with Gasteiger partial charge >= 0.3 is 0 Å². The third-order valence-corrected chi connectivity index (χ3v) is 2.91. The molecule has 0 aliphatic heterocycles. The molecule has 1 aromatic carbocycles. The van der Waals surface area contributed by atoms with E-state index in [0.29, 0.717) is 12.1 Å². The average molecular weight is 255 g/mol. The highest BCUT2D eigenvalue weighted by Crippen LogP contribution is 2.20. The molecule has 0 unspecified atom stereocenters. The molecule has 5 heteroatoms. The highest BCUT2D eigenvalue weighted by atomic mass is 35.5. The fourth-order valence-corrected chi connectivity index (χ4v) is 1.87. The van der Waals surface area contributed by atoms with Gasteiger partial charge in [-0.1, -0.05) is 18.5 Å². The van der Waals surface area contributed by atoms with Gasteiger partial charge in [0.2, 0.25) is 0 Å². The number of benzene rings is 1. The summed E-state index contributed by atoms with van der Waals surface area (Å²) in [6, 6.07) is 4.51. The Hall–Kier alpha value is -1.39. The molecule has 2 aromatic rings. The molecule has 1 N–H and O–H groups in total. The Morgan fingerprint density at radius 3 is 2.82 bits per heavy atom. The number of halogens is 2. The van der Waals surface area contributed by atoms with Gasteiger partial charge in [-0.25, -0.2) is 9.07 Å². The molecule has 90 valence electrons. The lowest BCUT2D eigenvalue weighted by Crippen LogP contribution is -2.03. The van der Waals surface area contributed by atoms with Crippen molar-refractivity contribution in [3.63, 3.8) is 0 Å². The smallest absolute Gasteiger partial charge is 0.143 e. The van der Waals surface area contributed by atoms with Crippen molar-refractivity contribution in [1.29, 1.82) is 0 Å². The Kier molecular flexibility index (Phi) is 3.45. The number of aromatic nitrogens is 2. The Bertz CT molecular complexity index is 539. The minimum absolute atomic E-state index is 0.0702. The lowest BCUT2D eigenvalue weighted by molar-refractivity contribution is 0.280. The van der Waals surface area contributed by atoms with Crippen molar-refractivity contribution in [2.24, 2.45) is 0 Å². The van der Waals surface area contributed by atoms with Crippen LogP contribution in [0.4, 0.5) is 4.39 Å². The normalized spacial score (nSPS) is 10.8. The van der Waals surface area contributed by atoms with Gasteiger partial charge < -0.3 is 5.11 Å². The highest BCUT2D eigenvalue weighted by molar-refractivity contribution is 6.30. The summed E-state index contributed by atoms with van der Waals surface area (Å²) in [7, 11) is 0. The van der Waals surface area contributed by atoms with E-state index in [0.717, 1.165) is 11.3 Å². The summed E-state index contributed by atoms with van der Waals surface area (Å²) in [5.74, 6) is -0.479. The van der Waals surface area contributed by atoms with Crippen molar-refractivity contribution in [2.45, 2.75) is 20.0 Å². The van der Waals surface area contributed by atoms with E-state index in [1.165, 1.54) is 12.1 Å². The summed E-state index contributed by atoms with van der Waals surface area (Å²) in [6.07, 6.45) is 2.30. The molecule has 2 rings (SSSR count). The highest BCUT2D eigenvalue weighted by Gasteiger charge is 2.11. The largest absolute Gasteiger partial charge is 0.392 e. The van der Waals surface area contributed by atoms with Crippen LogP contribution in [0.25, 0.3) is 5.69 Å². The van der Waals surface area contributed by atoms with Crippen LogP contribution in [-0.4, -0.2) is 14.9 Å². The monoisotopic (exact) mass is 254 g/mol. The molecule has 0 spiro atoms. The van der Waals surface area contributed by atoms with Gasteiger partial charge in [0, 0.05) is 17.3 Å². The molecule has 3 nitrogen and oxygen atoms in total. The fourth-order valence-electron chi connectivity index (χ4n) is 1.76. The topological polar surface area (TPSA) is 38.1 Å². The summed E-state index contributed by atoms with van der Waals surface area (Å²) in [5.41, 5.74) is 2.22. The second-order valence-electron chi connectivity index (χ2n) is 3.64. The van der Waals surface area contributed by atoms with Crippen LogP contribution in [0.3, 0.4) is 0 Å². The molecule has 1 aromatic heterocycles. The summed E-state index contributed by atoms with van der Waals surface area (Å²) in [6.45, 7) is 1.89. The molecule has 0 aliphatic rings. The summed E-state index contributed by atoms with van der Waals surface area (Å²) in [4.78, 5) is 0. The fraction of sp³-hybridized carbons (Fsp3) is 0.250. The Labute approximate surface area is 103 Å². The van der Waals surface area contributed by atoms with Crippen molar-refractivity contribution in [1.82, 2.24) is 9.78 Å². The van der Waals surface area contributed by atoms with Crippen molar-refractivity contribution in [2.75, 3.05) is 0 Å². The van der Waals surface area contributed by atoms with Gasteiger partial charge in [0.25, 0.3) is 0 Å². The Morgan fingerprint density at radius 1 is 1.47 bits per heavy atom. The van der Waals surface area contributed by atoms with Gasteiger partial charge in [0.05, 0.1) is 23.5 Å². The lowest BCUT2D eigenvalue weighted by Gasteiger charge is -2.07. The minimum atomic E-state index is -0.479. The van der Waals surface area contributed by atoms with E-state index in [9.17, 15) is 4.39 Å². The zero-order valence-corrected chi connectivity index (χ0v) is 10.1. The van der Waals surface area contributed by atoms with E-state index in [4.69, 9.17) is 16.7 Å².